The number of carboxylic acid groups (broad SMARTS) is 2. The molecule has 8 heteroatoms. The third-order valence-corrected chi connectivity index (χ3v) is 3.64. The fourth-order valence-electron chi connectivity index (χ4n) is 2.42. The van der Waals surface area contributed by atoms with Gasteiger partial charge < -0.3 is 30.4 Å². The minimum absolute atomic E-state index is 0. The maximum Gasteiger partial charge on any atom is 2.00 e. The molecule has 1 aliphatic heterocycles. The monoisotopic (exact) mass is 367 g/mol. The summed E-state index contributed by atoms with van der Waals surface area (Å²) in [5.41, 5.74) is 2.13. The van der Waals surface area contributed by atoms with Gasteiger partial charge in [-0.15, -0.1) is 0 Å². The van der Waals surface area contributed by atoms with E-state index in [1.54, 1.807) is 0 Å². The predicted octanol–water partition coefficient (Wildman–Crippen LogP) is -2.54. The summed E-state index contributed by atoms with van der Waals surface area (Å²) in [6, 6.07) is 5.77. The van der Waals surface area contributed by atoms with Crippen molar-refractivity contribution in [1.29, 1.82) is 0 Å². The van der Waals surface area contributed by atoms with Gasteiger partial charge in [-0.3, -0.25) is 4.79 Å². The molecular weight excluding hydrogens is 352 g/mol. The van der Waals surface area contributed by atoms with Gasteiger partial charge in [0.2, 0.25) is 5.91 Å². The quantitative estimate of drug-likeness (QED) is 0.534. The van der Waals surface area contributed by atoms with E-state index in [0.717, 1.165) is 11.1 Å². The van der Waals surface area contributed by atoms with Crippen LogP contribution in [0.4, 0.5) is 0 Å². The van der Waals surface area contributed by atoms with Gasteiger partial charge in [0.15, 0.2) is 0 Å². The van der Waals surface area contributed by atoms with Crippen molar-refractivity contribution in [3.8, 4) is 0 Å². The molecule has 1 heterocycles. The maximum atomic E-state index is 12.1. The molecule has 1 radical (unpaired) electrons. The average Bonchev–Trinajstić information content (AvgIpc) is 2.50. The van der Waals surface area contributed by atoms with Crippen molar-refractivity contribution in [1.82, 2.24) is 10.6 Å². The molecule has 2 atom stereocenters. The third kappa shape index (κ3) is 5.35. The summed E-state index contributed by atoms with van der Waals surface area (Å²) in [5, 5.41) is 26.7. The van der Waals surface area contributed by atoms with E-state index in [-0.39, 0.29) is 23.5 Å². The van der Waals surface area contributed by atoms with Crippen LogP contribution in [0.25, 0.3) is 0 Å². The average molecular weight is 368 g/mol. The van der Waals surface area contributed by atoms with Gasteiger partial charge in [0.25, 0.3) is 0 Å². The molecule has 1 amide bonds. The Bertz CT molecular complexity index is 593. The van der Waals surface area contributed by atoms with E-state index < -0.39 is 36.4 Å². The van der Waals surface area contributed by atoms with Gasteiger partial charge in [-0.2, -0.15) is 0 Å². The topological polar surface area (TPSA) is 121 Å². The third-order valence-electron chi connectivity index (χ3n) is 3.64. The molecule has 0 fully saturated rings. The zero-order valence-corrected chi connectivity index (χ0v) is 13.1. The first kappa shape index (κ1) is 19.2. The molecule has 2 N–H and O–H groups in total. The van der Waals surface area contributed by atoms with Crippen molar-refractivity contribution in [2.24, 2.45) is 0 Å². The molecule has 127 valence electrons. The van der Waals surface area contributed by atoms with Gasteiger partial charge in [-0.05, 0) is 30.4 Å². The number of carbonyl (C=O) groups is 3. The van der Waals surface area contributed by atoms with Gasteiger partial charge in [-0.1, -0.05) is 24.3 Å². The molecule has 7 nitrogen and oxygen atoms in total. The van der Waals surface area contributed by atoms with Crippen LogP contribution in [0.1, 0.15) is 24.0 Å². The Labute approximate surface area is 143 Å². The Morgan fingerprint density at radius 2 is 1.87 bits per heavy atom. The van der Waals surface area contributed by atoms with Crippen molar-refractivity contribution in [3.63, 3.8) is 0 Å². The van der Waals surface area contributed by atoms with Gasteiger partial charge in [0.1, 0.15) is 0 Å². The van der Waals surface area contributed by atoms with Crippen molar-refractivity contribution >= 4 is 17.8 Å². The number of carbonyl (C=O) groups excluding carboxylic acids is 3. The molecule has 0 saturated carbocycles. The molecule has 23 heavy (non-hydrogen) atoms. The molecule has 0 spiro atoms. The largest absolute Gasteiger partial charge is 2.00 e. The second kappa shape index (κ2) is 8.67. The molecule has 1 aromatic carbocycles. The van der Waals surface area contributed by atoms with Gasteiger partial charge in [0.05, 0.1) is 18.1 Å². The summed E-state index contributed by atoms with van der Waals surface area (Å²) in [5.74, 6) is -3.36. The van der Waals surface area contributed by atoms with Crippen molar-refractivity contribution in [2.75, 3.05) is 0 Å². The number of amides is 1. The SMILES string of the molecule is O=C([O-])CCC(NC(=O)[C@@H]1Cc2ccccc2CN1)C(=O)[O-].[Cu+2]. The van der Waals surface area contributed by atoms with Gasteiger partial charge >= 0.3 is 17.1 Å². The molecule has 1 aromatic rings. The van der Waals surface area contributed by atoms with Gasteiger partial charge in [0, 0.05) is 12.5 Å². The van der Waals surface area contributed by atoms with E-state index >= 15 is 0 Å². The van der Waals surface area contributed by atoms with Crippen LogP contribution < -0.4 is 20.8 Å². The van der Waals surface area contributed by atoms with Crippen LogP contribution in [0.3, 0.4) is 0 Å². The Morgan fingerprint density at radius 1 is 1.22 bits per heavy atom. The van der Waals surface area contributed by atoms with E-state index in [9.17, 15) is 24.6 Å². The predicted molar refractivity (Wildman–Crippen MR) is 72.0 cm³/mol. The number of fused-ring (bicyclic) bond motifs is 1. The summed E-state index contributed by atoms with van der Waals surface area (Å²) in [6.07, 6.45) is -0.276. The van der Waals surface area contributed by atoms with Crippen LogP contribution >= 0.6 is 0 Å². The minimum atomic E-state index is -1.51. The smallest absolute Gasteiger partial charge is 0.550 e. The summed E-state index contributed by atoms with van der Waals surface area (Å²) in [7, 11) is 0. The summed E-state index contributed by atoms with van der Waals surface area (Å²) >= 11 is 0. The van der Waals surface area contributed by atoms with E-state index in [1.165, 1.54) is 0 Å². The fraction of sp³-hybridized carbons (Fsp3) is 0.400. The fourth-order valence-corrected chi connectivity index (χ4v) is 2.42. The van der Waals surface area contributed by atoms with Crippen LogP contribution in [0, 0.1) is 0 Å². The Kier molecular flexibility index (Phi) is 7.22. The first-order valence-corrected chi connectivity index (χ1v) is 6.98. The molecule has 0 aliphatic carbocycles. The van der Waals surface area contributed by atoms with Crippen LogP contribution in [0.5, 0.6) is 0 Å². The number of hydrogen-bond acceptors (Lipinski definition) is 6. The van der Waals surface area contributed by atoms with E-state index in [1.807, 2.05) is 24.3 Å². The molecule has 0 saturated heterocycles. The molecule has 0 aromatic heterocycles. The molecule has 2 rings (SSSR count). The number of benzene rings is 1. The normalized spacial score (nSPS) is 17.3. The number of carboxylic acids is 2. The molecule has 1 aliphatic rings. The van der Waals surface area contributed by atoms with Crippen LogP contribution in [-0.2, 0) is 44.4 Å². The molecule has 1 unspecified atom stereocenters. The summed E-state index contributed by atoms with van der Waals surface area (Å²) in [6.45, 7) is 0.517. The Morgan fingerprint density at radius 3 is 2.48 bits per heavy atom. The first-order valence-electron chi connectivity index (χ1n) is 6.98. The van der Waals surface area contributed by atoms with Crippen molar-refractivity contribution < 1.29 is 41.7 Å². The summed E-state index contributed by atoms with van der Waals surface area (Å²) < 4.78 is 0. The maximum absolute atomic E-state index is 12.1. The van der Waals surface area contributed by atoms with Crippen LogP contribution in [-0.4, -0.2) is 29.9 Å². The van der Waals surface area contributed by atoms with Crippen LogP contribution in [0.2, 0.25) is 0 Å². The molecule has 0 bridgehead atoms. The standard InChI is InChI=1S/C15H18N2O5.Cu/c18-13(19)6-5-11(15(21)22)17-14(20)12-7-9-3-1-2-4-10(9)8-16-12;/h1-4,11-12,16H,5-8H2,(H,17,20)(H,18,19)(H,21,22);/q;+2/p-2/t11?,12-;/m0./s1. The minimum Gasteiger partial charge on any atom is -0.550 e. The Hall–Kier alpha value is -1.89. The molecular formula is C15H16CuN2O5. The van der Waals surface area contributed by atoms with Crippen molar-refractivity contribution in [3.05, 3.63) is 35.4 Å². The first-order chi connectivity index (χ1) is 10.5. The second-order valence-electron chi connectivity index (χ2n) is 5.20. The van der Waals surface area contributed by atoms with E-state index in [4.69, 9.17) is 0 Å². The van der Waals surface area contributed by atoms with Crippen LogP contribution in [0.15, 0.2) is 24.3 Å². The van der Waals surface area contributed by atoms with E-state index in [0.29, 0.717) is 13.0 Å². The summed E-state index contributed by atoms with van der Waals surface area (Å²) in [4.78, 5) is 33.5. The number of aliphatic carboxylic acids is 2. The number of hydrogen-bond donors (Lipinski definition) is 2. The number of rotatable bonds is 6. The zero-order valence-electron chi connectivity index (χ0n) is 12.1. The number of nitrogens with one attached hydrogen (secondary N) is 2. The second-order valence-corrected chi connectivity index (χ2v) is 5.20. The zero-order chi connectivity index (χ0) is 16.1. The van der Waals surface area contributed by atoms with Crippen molar-refractivity contribution in [2.45, 2.75) is 37.9 Å². The van der Waals surface area contributed by atoms with Gasteiger partial charge in [-0.25, -0.2) is 0 Å². The van der Waals surface area contributed by atoms with E-state index in [2.05, 4.69) is 10.6 Å². The Balaban J connectivity index is 0.00000264.